The first-order valence-corrected chi connectivity index (χ1v) is 15.8. The molecule has 0 aliphatic rings. The number of nitrogens with one attached hydrogen (secondary N) is 1. The van der Waals surface area contributed by atoms with Crippen molar-refractivity contribution in [3.63, 3.8) is 0 Å². The van der Waals surface area contributed by atoms with E-state index in [0.717, 1.165) is 17.7 Å². The van der Waals surface area contributed by atoms with Crippen molar-refractivity contribution in [3.05, 3.63) is 95.3 Å². The van der Waals surface area contributed by atoms with Gasteiger partial charge in [0.2, 0.25) is 0 Å². The van der Waals surface area contributed by atoms with E-state index in [1.54, 1.807) is 39.3 Å². The third kappa shape index (κ3) is 5.97. The first-order valence-electron chi connectivity index (χ1n) is 10.7. The van der Waals surface area contributed by atoms with Crippen LogP contribution >= 0.6 is 23.2 Å². The zero-order valence-corrected chi connectivity index (χ0v) is 23.5. The molecule has 37 heavy (non-hydrogen) atoms. The third-order valence-electron chi connectivity index (χ3n) is 5.37. The van der Waals surface area contributed by atoms with E-state index < -0.39 is 60.2 Å². The Hall–Kier alpha value is -2.54. The van der Waals surface area contributed by atoms with Gasteiger partial charge >= 0.3 is 228 Å². The van der Waals surface area contributed by atoms with Crippen molar-refractivity contribution in [1.82, 2.24) is 7.76 Å². The van der Waals surface area contributed by atoms with E-state index in [1.807, 2.05) is 0 Å². The number of fused-ring (bicyclic) bond motifs is 1. The Bertz CT molecular complexity index is 1610. The molecule has 0 atom stereocenters. The van der Waals surface area contributed by atoms with Gasteiger partial charge in [0.25, 0.3) is 0 Å². The third-order valence-corrected chi connectivity index (χ3v) is 9.26. The summed E-state index contributed by atoms with van der Waals surface area (Å²) in [5.41, 5.74) is 0.536. The van der Waals surface area contributed by atoms with Gasteiger partial charge < -0.3 is 0 Å². The Balaban J connectivity index is 1.83. The fourth-order valence-electron chi connectivity index (χ4n) is 3.62. The monoisotopic (exact) mass is 676 g/mol. The Morgan fingerprint density at radius 1 is 1.16 bits per heavy atom. The predicted octanol–water partition coefficient (Wildman–Crippen LogP) is 3.23. The molecule has 4 rings (SSSR count). The number of ketones is 1. The van der Waals surface area contributed by atoms with Crippen LogP contribution in [0, 0.1) is 11.6 Å². The molecule has 0 bridgehead atoms. The standard InChI is InChI=1S/C25H19Cl2F2IN3O3S/c1-2-3-10-37(35,36)32-21-9-8-20(28)22(23(21)29)24(34)19-13-33(30-14-26)25-18(19)11-16(12-31-25)15-4-6-17(27)7-5-15/h2,4-9,11-13,32H,1,3,10,14H2/q-1. The number of benzene rings is 2. The number of hydrogen-bond acceptors (Lipinski definition) is 4. The second kappa shape index (κ2) is 11.5. The van der Waals surface area contributed by atoms with Gasteiger partial charge in [-0.25, -0.2) is 0 Å². The first-order chi connectivity index (χ1) is 17.6. The van der Waals surface area contributed by atoms with E-state index in [-0.39, 0.29) is 17.7 Å². The topological polar surface area (TPSA) is 81.1 Å². The molecule has 0 spiro atoms. The fraction of sp³-hybridized carbons (Fsp3) is 0.120. The molecule has 12 heteroatoms. The van der Waals surface area contributed by atoms with E-state index in [0.29, 0.717) is 25.5 Å². The van der Waals surface area contributed by atoms with E-state index in [1.165, 1.54) is 12.3 Å². The molecule has 0 fully saturated rings. The van der Waals surface area contributed by atoms with Gasteiger partial charge in [-0.15, -0.1) is 6.58 Å². The van der Waals surface area contributed by atoms with Gasteiger partial charge in [0.15, 0.2) is 0 Å². The number of sulfonamides is 1. The number of carbonyl (C=O) groups is 1. The van der Waals surface area contributed by atoms with E-state index >= 15 is 4.39 Å². The van der Waals surface area contributed by atoms with Crippen LogP contribution in [0.3, 0.4) is 0 Å². The van der Waals surface area contributed by atoms with Gasteiger partial charge in [0, 0.05) is 0 Å². The van der Waals surface area contributed by atoms with Crippen LogP contribution in [0.5, 0.6) is 0 Å². The molecule has 2 heterocycles. The number of alkyl halides is 2. The molecule has 6 nitrogen and oxygen atoms in total. The number of hydrogen-bond donors (Lipinski definition) is 1. The number of pyridine rings is 1. The fourth-order valence-corrected chi connectivity index (χ4v) is 6.93. The van der Waals surface area contributed by atoms with Crippen LogP contribution in [-0.2, 0) is 10.0 Å². The molecule has 2 aromatic heterocycles. The summed E-state index contributed by atoms with van der Waals surface area (Å²) >= 11 is 11.1. The van der Waals surface area contributed by atoms with Gasteiger partial charge in [0.05, 0.1) is 0 Å². The summed E-state index contributed by atoms with van der Waals surface area (Å²) in [4.78, 5) is 18.0. The molecule has 1 N–H and O–H groups in total. The van der Waals surface area contributed by atoms with Crippen LogP contribution in [0.1, 0.15) is 22.3 Å². The normalized spacial score (nSPS) is 11.7. The van der Waals surface area contributed by atoms with Gasteiger partial charge in [0.1, 0.15) is 0 Å². The number of nitrogens with zero attached hydrogens (tertiary/aromatic N) is 2. The molecule has 0 saturated carbocycles. The van der Waals surface area contributed by atoms with Crippen LogP contribution in [0.25, 0.3) is 22.2 Å². The molecule has 2 aromatic carbocycles. The van der Waals surface area contributed by atoms with Crippen molar-refractivity contribution in [2.45, 2.75) is 6.42 Å². The summed E-state index contributed by atoms with van der Waals surface area (Å²) in [6.45, 7) is 3.46. The molecule has 0 aliphatic carbocycles. The van der Waals surface area contributed by atoms with Crippen molar-refractivity contribution in [2.24, 2.45) is 0 Å². The molecule has 194 valence electrons. The number of allylic oxidation sites excluding steroid dienone is 1. The number of halogens is 5. The summed E-state index contributed by atoms with van der Waals surface area (Å²) in [6.07, 6.45) is 4.66. The van der Waals surface area contributed by atoms with Crippen molar-refractivity contribution in [3.8, 4) is 11.1 Å². The number of carbonyl (C=O) groups excluding carboxylic acids is 1. The number of aromatic nitrogens is 2. The predicted molar refractivity (Wildman–Crippen MR) is 138 cm³/mol. The van der Waals surface area contributed by atoms with E-state index in [9.17, 15) is 17.6 Å². The second-order valence-corrected chi connectivity index (χ2v) is 13.7. The molecular formula is C25H19Cl2F2IN3O3S-. The molecule has 0 unspecified atom stereocenters. The maximum atomic E-state index is 15.4. The summed E-state index contributed by atoms with van der Waals surface area (Å²) in [6, 6.07) is 10.5. The van der Waals surface area contributed by atoms with Gasteiger partial charge in [-0.2, -0.15) is 0 Å². The van der Waals surface area contributed by atoms with Crippen LogP contribution in [0.2, 0.25) is 5.02 Å². The van der Waals surface area contributed by atoms with Gasteiger partial charge in [-0.05, 0) is 0 Å². The zero-order valence-electron chi connectivity index (χ0n) is 19.0. The van der Waals surface area contributed by atoms with Crippen molar-refractivity contribution < 1.29 is 43.5 Å². The Morgan fingerprint density at radius 2 is 1.89 bits per heavy atom. The Kier molecular flexibility index (Phi) is 8.52. The molecule has 0 saturated heterocycles. The van der Waals surface area contributed by atoms with Gasteiger partial charge in [-0.3, -0.25) is 0 Å². The van der Waals surface area contributed by atoms with Crippen molar-refractivity contribution in [1.29, 1.82) is 0 Å². The summed E-state index contributed by atoms with van der Waals surface area (Å²) in [7, 11) is -3.95. The molecular weight excluding hydrogens is 658 g/mol. The van der Waals surface area contributed by atoms with Crippen LogP contribution in [-0.4, -0.2) is 31.6 Å². The second-order valence-electron chi connectivity index (χ2n) is 7.79. The maximum absolute atomic E-state index is 15.4. The Labute approximate surface area is 233 Å². The van der Waals surface area contributed by atoms with E-state index in [4.69, 9.17) is 23.2 Å². The van der Waals surface area contributed by atoms with Crippen LogP contribution < -0.4 is 26.2 Å². The quantitative estimate of drug-likeness (QED) is 0.121. The average Bonchev–Trinajstić information content (AvgIpc) is 3.23. The van der Waals surface area contributed by atoms with E-state index in [2.05, 4.69) is 16.3 Å². The Morgan fingerprint density at radius 3 is 2.57 bits per heavy atom. The van der Waals surface area contributed by atoms with Crippen molar-refractivity contribution in [2.75, 3.05) is 14.4 Å². The van der Waals surface area contributed by atoms with Crippen LogP contribution in [0.4, 0.5) is 14.5 Å². The molecule has 4 aromatic rings. The summed E-state index contributed by atoms with van der Waals surface area (Å²) in [5, 5.41) is 0.940. The first kappa shape index (κ1) is 27.5. The summed E-state index contributed by atoms with van der Waals surface area (Å²) in [5.74, 6) is -3.71. The van der Waals surface area contributed by atoms with Gasteiger partial charge in [-0.1, -0.05) is 0 Å². The average molecular weight is 677 g/mol. The SMILES string of the molecule is C=CCCS(=O)(=O)Nc1ccc(F)c(C(=O)c2cn([I-]CCl)c3ncc(-c4ccc(Cl)cc4)cc23)c1F. The minimum absolute atomic E-state index is 0.0209. The summed E-state index contributed by atoms with van der Waals surface area (Å²) < 4.78 is 58.9. The minimum atomic E-state index is -3.95. The zero-order chi connectivity index (χ0) is 26.7. The van der Waals surface area contributed by atoms with Crippen LogP contribution in [0.15, 0.2) is 67.5 Å². The van der Waals surface area contributed by atoms with Crippen molar-refractivity contribution >= 4 is 55.7 Å². The molecule has 0 amide bonds. The number of rotatable bonds is 10. The molecule has 0 radical (unpaired) electrons. The molecule has 0 aliphatic heterocycles. The number of anilines is 1.